The summed E-state index contributed by atoms with van der Waals surface area (Å²) < 4.78 is 38.5. The van der Waals surface area contributed by atoms with E-state index in [4.69, 9.17) is 0 Å². The molecule has 0 spiro atoms. The summed E-state index contributed by atoms with van der Waals surface area (Å²) in [5.41, 5.74) is -0.445. The third kappa shape index (κ3) is 2.19. The Balaban J connectivity index is 1.98. The van der Waals surface area contributed by atoms with Crippen LogP contribution in [0.3, 0.4) is 0 Å². The van der Waals surface area contributed by atoms with Gasteiger partial charge in [0.15, 0.2) is 11.5 Å². The van der Waals surface area contributed by atoms with Crippen molar-refractivity contribution in [3.8, 4) is 11.5 Å². The van der Waals surface area contributed by atoms with Crippen LogP contribution < -0.4 is 5.56 Å². The lowest BCUT2D eigenvalue weighted by Gasteiger charge is -2.07. The summed E-state index contributed by atoms with van der Waals surface area (Å²) in [6.45, 7) is 0. The standard InChI is InChI=1S/C14H7F3N6O/c15-14(16,17)6-1-2-18-7(5-6)11-21-8-9-12(20-4-3-19-9)22-10(8)13(24)23-11/h1-5H,(H,20,22)(H,21,23,24). The smallest absolute Gasteiger partial charge is 0.332 e. The number of nitrogens with zero attached hydrogens (tertiary/aromatic N) is 4. The Bertz CT molecular complexity index is 1130. The molecule has 0 saturated heterocycles. The molecule has 0 amide bonds. The van der Waals surface area contributed by atoms with E-state index in [9.17, 15) is 18.0 Å². The van der Waals surface area contributed by atoms with Gasteiger partial charge in [0.1, 0.15) is 22.2 Å². The first kappa shape index (κ1) is 14.3. The third-order valence-electron chi connectivity index (χ3n) is 3.42. The second-order valence-electron chi connectivity index (χ2n) is 4.94. The van der Waals surface area contributed by atoms with Crippen molar-refractivity contribution < 1.29 is 13.2 Å². The Labute approximate surface area is 130 Å². The van der Waals surface area contributed by atoms with Gasteiger partial charge < -0.3 is 9.97 Å². The van der Waals surface area contributed by atoms with Gasteiger partial charge in [-0.15, -0.1) is 0 Å². The van der Waals surface area contributed by atoms with Gasteiger partial charge in [0, 0.05) is 18.6 Å². The lowest BCUT2D eigenvalue weighted by atomic mass is 10.2. The van der Waals surface area contributed by atoms with Gasteiger partial charge in [-0.05, 0) is 12.1 Å². The predicted molar refractivity (Wildman–Crippen MR) is 78.0 cm³/mol. The lowest BCUT2D eigenvalue weighted by Crippen LogP contribution is -2.11. The largest absolute Gasteiger partial charge is 0.416 e. The second-order valence-corrected chi connectivity index (χ2v) is 4.94. The highest BCUT2D eigenvalue weighted by atomic mass is 19.4. The molecule has 4 aromatic heterocycles. The monoisotopic (exact) mass is 332 g/mol. The normalized spacial score (nSPS) is 12.1. The highest BCUT2D eigenvalue weighted by molar-refractivity contribution is 6.00. The second kappa shape index (κ2) is 4.85. The van der Waals surface area contributed by atoms with Crippen molar-refractivity contribution in [3.05, 3.63) is 46.6 Å². The number of aromatic nitrogens is 6. The summed E-state index contributed by atoms with van der Waals surface area (Å²) in [6, 6.07) is 1.67. The Kier molecular flexibility index (Phi) is 2.89. The van der Waals surface area contributed by atoms with Gasteiger partial charge in [0.05, 0.1) is 5.56 Å². The van der Waals surface area contributed by atoms with E-state index < -0.39 is 17.3 Å². The number of H-pyrrole nitrogens is 2. The van der Waals surface area contributed by atoms with Crippen molar-refractivity contribution >= 4 is 22.2 Å². The zero-order chi connectivity index (χ0) is 16.9. The van der Waals surface area contributed by atoms with E-state index in [-0.39, 0.29) is 22.6 Å². The SMILES string of the molecule is O=c1[nH]c(-c2cc(C(F)(F)F)ccn2)nc2c1[nH]c1nccnc12. The fourth-order valence-electron chi connectivity index (χ4n) is 2.34. The molecule has 4 heterocycles. The predicted octanol–water partition coefficient (Wildman–Crippen LogP) is 2.28. The summed E-state index contributed by atoms with van der Waals surface area (Å²) >= 11 is 0. The first-order chi connectivity index (χ1) is 11.4. The third-order valence-corrected chi connectivity index (χ3v) is 3.42. The minimum absolute atomic E-state index is 0.0786. The van der Waals surface area contributed by atoms with Crippen LogP contribution in [-0.2, 0) is 6.18 Å². The molecule has 0 aliphatic heterocycles. The molecular weight excluding hydrogens is 325 g/mol. The van der Waals surface area contributed by atoms with Crippen LogP contribution in [0.25, 0.3) is 33.7 Å². The number of aromatic amines is 2. The fraction of sp³-hybridized carbons (Fsp3) is 0.0714. The number of nitrogens with one attached hydrogen (secondary N) is 2. The van der Waals surface area contributed by atoms with Gasteiger partial charge in [-0.3, -0.25) is 9.78 Å². The zero-order valence-corrected chi connectivity index (χ0v) is 11.7. The number of hydrogen-bond donors (Lipinski definition) is 2. The van der Waals surface area contributed by atoms with Gasteiger partial charge in [-0.2, -0.15) is 13.2 Å². The molecule has 10 heteroatoms. The minimum Gasteiger partial charge on any atom is -0.332 e. The maximum absolute atomic E-state index is 12.8. The summed E-state index contributed by atoms with van der Waals surface area (Å²) in [5, 5.41) is 0. The maximum atomic E-state index is 12.8. The molecule has 2 N–H and O–H groups in total. The van der Waals surface area contributed by atoms with E-state index in [0.717, 1.165) is 18.3 Å². The number of hydrogen-bond acceptors (Lipinski definition) is 5. The molecule has 0 aromatic carbocycles. The van der Waals surface area contributed by atoms with E-state index in [0.29, 0.717) is 11.2 Å². The zero-order valence-electron chi connectivity index (χ0n) is 11.7. The minimum atomic E-state index is -4.52. The molecule has 4 aromatic rings. The molecule has 0 fully saturated rings. The van der Waals surface area contributed by atoms with Crippen molar-refractivity contribution in [3.63, 3.8) is 0 Å². The fourth-order valence-corrected chi connectivity index (χ4v) is 2.34. The average molecular weight is 332 g/mol. The number of alkyl halides is 3. The molecule has 0 atom stereocenters. The first-order valence-electron chi connectivity index (χ1n) is 6.70. The summed E-state index contributed by atoms with van der Waals surface area (Å²) in [7, 11) is 0. The van der Waals surface area contributed by atoms with Crippen LogP contribution in [-0.4, -0.2) is 29.9 Å². The summed E-state index contributed by atoms with van der Waals surface area (Å²) in [4.78, 5) is 33.6. The number of halogens is 3. The van der Waals surface area contributed by atoms with Crippen LogP contribution in [0.2, 0.25) is 0 Å². The molecule has 0 saturated carbocycles. The van der Waals surface area contributed by atoms with Crippen LogP contribution in [0.5, 0.6) is 0 Å². The van der Waals surface area contributed by atoms with Gasteiger partial charge in [0.2, 0.25) is 0 Å². The quantitative estimate of drug-likeness (QED) is 0.557. The Morgan fingerprint density at radius 3 is 2.54 bits per heavy atom. The van der Waals surface area contributed by atoms with Crippen LogP contribution in [0.1, 0.15) is 5.56 Å². The van der Waals surface area contributed by atoms with Crippen molar-refractivity contribution in [1.29, 1.82) is 0 Å². The van der Waals surface area contributed by atoms with Gasteiger partial charge in [-0.1, -0.05) is 0 Å². The van der Waals surface area contributed by atoms with E-state index in [2.05, 4.69) is 29.9 Å². The molecule has 0 bridgehead atoms. The lowest BCUT2D eigenvalue weighted by molar-refractivity contribution is -0.137. The van der Waals surface area contributed by atoms with E-state index >= 15 is 0 Å². The molecule has 0 radical (unpaired) electrons. The van der Waals surface area contributed by atoms with E-state index in [1.807, 2.05) is 0 Å². The van der Waals surface area contributed by atoms with Crippen molar-refractivity contribution in [1.82, 2.24) is 29.9 Å². The van der Waals surface area contributed by atoms with Crippen LogP contribution in [0, 0.1) is 0 Å². The van der Waals surface area contributed by atoms with Crippen LogP contribution >= 0.6 is 0 Å². The van der Waals surface area contributed by atoms with E-state index in [1.54, 1.807) is 0 Å². The Hall–Kier alpha value is -3.30. The average Bonchev–Trinajstić information content (AvgIpc) is 2.94. The maximum Gasteiger partial charge on any atom is 0.416 e. The Morgan fingerprint density at radius 2 is 1.75 bits per heavy atom. The van der Waals surface area contributed by atoms with Gasteiger partial charge in [0.25, 0.3) is 5.56 Å². The summed E-state index contributed by atoms with van der Waals surface area (Å²) in [5.74, 6) is -0.0786. The molecule has 0 aliphatic carbocycles. The molecule has 24 heavy (non-hydrogen) atoms. The van der Waals surface area contributed by atoms with Gasteiger partial charge >= 0.3 is 6.18 Å². The summed E-state index contributed by atoms with van der Waals surface area (Å²) in [6.07, 6.45) is -0.631. The van der Waals surface area contributed by atoms with E-state index in [1.165, 1.54) is 12.4 Å². The van der Waals surface area contributed by atoms with Crippen molar-refractivity contribution in [2.45, 2.75) is 6.18 Å². The van der Waals surface area contributed by atoms with Crippen LogP contribution in [0.15, 0.2) is 35.5 Å². The highest BCUT2D eigenvalue weighted by Crippen LogP contribution is 2.30. The number of pyridine rings is 1. The van der Waals surface area contributed by atoms with Crippen LogP contribution in [0.4, 0.5) is 13.2 Å². The topological polar surface area (TPSA) is 100 Å². The van der Waals surface area contributed by atoms with Crippen molar-refractivity contribution in [2.75, 3.05) is 0 Å². The highest BCUT2D eigenvalue weighted by Gasteiger charge is 2.31. The molecule has 7 nitrogen and oxygen atoms in total. The molecule has 0 unspecified atom stereocenters. The number of fused-ring (bicyclic) bond motifs is 3. The molecule has 4 rings (SSSR count). The molecule has 0 aliphatic rings. The van der Waals surface area contributed by atoms with Gasteiger partial charge in [-0.25, -0.2) is 15.0 Å². The van der Waals surface area contributed by atoms with Crippen molar-refractivity contribution in [2.24, 2.45) is 0 Å². The first-order valence-corrected chi connectivity index (χ1v) is 6.70. The number of rotatable bonds is 1. The Morgan fingerprint density at radius 1 is 0.958 bits per heavy atom. The molecular formula is C14H7F3N6O. The molecule has 120 valence electrons.